The zero-order valence-corrected chi connectivity index (χ0v) is 12.9. The lowest BCUT2D eigenvalue weighted by atomic mass is 9.92. The van der Waals surface area contributed by atoms with Crippen molar-refractivity contribution >= 4 is 0 Å². The smallest absolute Gasteiger partial charge is 0.0104 e. The van der Waals surface area contributed by atoms with Crippen LogP contribution in [0.3, 0.4) is 0 Å². The van der Waals surface area contributed by atoms with Crippen LogP contribution in [0.5, 0.6) is 0 Å². The van der Waals surface area contributed by atoms with Crippen LogP contribution in [0, 0.1) is 5.41 Å². The Morgan fingerprint density at radius 1 is 1.33 bits per heavy atom. The van der Waals surface area contributed by atoms with Gasteiger partial charge in [-0.25, -0.2) is 0 Å². The Hall–Kier alpha value is -0.120. The van der Waals surface area contributed by atoms with E-state index in [1.807, 2.05) is 0 Å². The Morgan fingerprint density at radius 2 is 2.06 bits per heavy atom. The third-order valence-corrected chi connectivity index (χ3v) is 4.35. The Morgan fingerprint density at radius 3 is 2.61 bits per heavy atom. The number of hydrogen-bond acceptors (Lipinski definition) is 3. The van der Waals surface area contributed by atoms with Crippen molar-refractivity contribution in [3.05, 3.63) is 0 Å². The fraction of sp³-hybridized carbons (Fsp3) is 1.00. The van der Waals surface area contributed by atoms with Crippen molar-refractivity contribution in [2.24, 2.45) is 11.1 Å². The van der Waals surface area contributed by atoms with Gasteiger partial charge in [-0.2, -0.15) is 0 Å². The van der Waals surface area contributed by atoms with Gasteiger partial charge in [-0.3, -0.25) is 0 Å². The van der Waals surface area contributed by atoms with Crippen LogP contribution in [0.2, 0.25) is 0 Å². The summed E-state index contributed by atoms with van der Waals surface area (Å²) in [5.41, 5.74) is 6.08. The maximum atomic E-state index is 5.84. The number of nitrogens with two attached hydrogens (primary N) is 1. The van der Waals surface area contributed by atoms with Gasteiger partial charge in [0.15, 0.2) is 0 Å². The lowest BCUT2D eigenvalue weighted by Gasteiger charge is -2.36. The molecule has 2 N–H and O–H groups in total. The highest BCUT2D eigenvalue weighted by molar-refractivity contribution is 4.78. The third-order valence-electron chi connectivity index (χ3n) is 4.35. The summed E-state index contributed by atoms with van der Waals surface area (Å²) >= 11 is 0. The monoisotopic (exact) mass is 255 g/mol. The van der Waals surface area contributed by atoms with Gasteiger partial charge in [0.25, 0.3) is 0 Å². The second kappa shape index (κ2) is 7.46. The first-order valence-electron chi connectivity index (χ1n) is 7.61. The molecule has 1 unspecified atom stereocenters. The minimum absolute atomic E-state index is 0.245. The van der Waals surface area contributed by atoms with E-state index in [2.05, 4.69) is 37.6 Å². The van der Waals surface area contributed by atoms with Crippen LogP contribution in [-0.4, -0.2) is 55.6 Å². The standard InChI is InChI=1S/C15H33N3/c1-5-18(13-15(2,3)12-16)11-9-14-8-6-7-10-17(14)4/h14H,5-13,16H2,1-4H3. The minimum Gasteiger partial charge on any atom is -0.330 e. The minimum atomic E-state index is 0.245. The molecule has 18 heavy (non-hydrogen) atoms. The molecule has 0 aromatic rings. The van der Waals surface area contributed by atoms with E-state index in [-0.39, 0.29) is 5.41 Å². The molecule has 1 aliphatic heterocycles. The van der Waals surface area contributed by atoms with Crippen LogP contribution in [0.4, 0.5) is 0 Å². The molecule has 0 bridgehead atoms. The van der Waals surface area contributed by atoms with E-state index in [1.165, 1.54) is 38.8 Å². The van der Waals surface area contributed by atoms with Crippen molar-refractivity contribution in [3.63, 3.8) is 0 Å². The predicted octanol–water partition coefficient (Wildman–Crippen LogP) is 2.17. The zero-order chi connectivity index (χ0) is 13.6. The SMILES string of the molecule is CCN(CCC1CCCCN1C)CC(C)(C)CN. The molecular weight excluding hydrogens is 222 g/mol. The number of hydrogen-bond donors (Lipinski definition) is 1. The van der Waals surface area contributed by atoms with Crippen molar-refractivity contribution in [1.82, 2.24) is 9.80 Å². The Kier molecular flexibility index (Phi) is 6.61. The van der Waals surface area contributed by atoms with Gasteiger partial charge in [0.2, 0.25) is 0 Å². The normalized spacial score (nSPS) is 22.7. The fourth-order valence-electron chi connectivity index (χ4n) is 2.86. The fourth-order valence-corrected chi connectivity index (χ4v) is 2.86. The first-order valence-corrected chi connectivity index (χ1v) is 7.61. The van der Waals surface area contributed by atoms with E-state index in [4.69, 9.17) is 5.73 Å². The summed E-state index contributed by atoms with van der Waals surface area (Å²) in [7, 11) is 2.28. The molecule has 108 valence electrons. The average Bonchev–Trinajstić information content (AvgIpc) is 2.36. The van der Waals surface area contributed by atoms with Crippen molar-refractivity contribution < 1.29 is 0 Å². The van der Waals surface area contributed by atoms with Crippen LogP contribution >= 0.6 is 0 Å². The van der Waals surface area contributed by atoms with Crippen LogP contribution in [0.1, 0.15) is 46.5 Å². The molecule has 1 aliphatic rings. The van der Waals surface area contributed by atoms with Gasteiger partial charge in [0, 0.05) is 12.6 Å². The van der Waals surface area contributed by atoms with E-state index in [0.717, 1.165) is 25.7 Å². The summed E-state index contributed by atoms with van der Waals surface area (Å²) in [5, 5.41) is 0. The van der Waals surface area contributed by atoms with Gasteiger partial charge in [-0.05, 0) is 57.9 Å². The van der Waals surface area contributed by atoms with Gasteiger partial charge >= 0.3 is 0 Å². The number of likely N-dealkylation sites (tertiary alicyclic amines) is 1. The molecule has 3 heteroatoms. The van der Waals surface area contributed by atoms with E-state index < -0.39 is 0 Å². The molecule has 0 aromatic heterocycles. The number of piperidine rings is 1. The highest BCUT2D eigenvalue weighted by atomic mass is 15.2. The molecule has 0 radical (unpaired) electrons. The summed E-state index contributed by atoms with van der Waals surface area (Å²) in [4.78, 5) is 5.11. The van der Waals surface area contributed by atoms with Gasteiger partial charge in [0.05, 0.1) is 0 Å². The zero-order valence-electron chi connectivity index (χ0n) is 12.9. The molecule has 1 fully saturated rings. The summed E-state index contributed by atoms with van der Waals surface area (Å²) < 4.78 is 0. The van der Waals surface area contributed by atoms with Gasteiger partial charge < -0.3 is 15.5 Å². The van der Waals surface area contributed by atoms with Crippen LogP contribution in [0.15, 0.2) is 0 Å². The Labute approximate surface area is 114 Å². The molecule has 1 saturated heterocycles. The lowest BCUT2D eigenvalue weighted by molar-refractivity contribution is 0.137. The van der Waals surface area contributed by atoms with E-state index >= 15 is 0 Å². The molecule has 0 spiro atoms. The summed E-state index contributed by atoms with van der Waals surface area (Å²) in [6.07, 6.45) is 5.49. The molecule has 1 heterocycles. The van der Waals surface area contributed by atoms with Crippen LogP contribution in [-0.2, 0) is 0 Å². The Balaban J connectivity index is 2.34. The topological polar surface area (TPSA) is 32.5 Å². The lowest BCUT2D eigenvalue weighted by Crippen LogP contribution is -2.42. The number of rotatable bonds is 7. The van der Waals surface area contributed by atoms with Gasteiger partial charge in [-0.1, -0.05) is 27.2 Å². The maximum absolute atomic E-state index is 5.84. The largest absolute Gasteiger partial charge is 0.330 e. The van der Waals surface area contributed by atoms with Crippen molar-refractivity contribution in [2.75, 3.05) is 39.8 Å². The molecule has 1 rings (SSSR count). The second-order valence-corrected chi connectivity index (χ2v) is 6.66. The molecule has 0 aromatic carbocycles. The summed E-state index contributed by atoms with van der Waals surface area (Å²) in [5.74, 6) is 0. The highest BCUT2D eigenvalue weighted by Crippen LogP contribution is 2.19. The van der Waals surface area contributed by atoms with E-state index in [0.29, 0.717) is 0 Å². The average molecular weight is 255 g/mol. The molecule has 0 amide bonds. The van der Waals surface area contributed by atoms with Crippen molar-refractivity contribution in [2.45, 2.75) is 52.5 Å². The molecule has 0 saturated carbocycles. The van der Waals surface area contributed by atoms with Crippen molar-refractivity contribution in [1.29, 1.82) is 0 Å². The van der Waals surface area contributed by atoms with Crippen LogP contribution in [0.25, 0.3) is 0 Å². The van der Waals surface area contributed by atoms with E-state index in [9.17, 15) is 0 Å². The third kappa shape index (κ3) is 5.25. The second-order valence-electron chi connectivity index (χ2n) is 6.66. The predicted molar refractivity (Wildman–Crippen MR) is 79.8 cm³/mol. The molecule has 3 nitrogen and oxygen atoms in total. The maximum Gasteiger partial charge on any atom is 0.0104 e. The molecular formula is C15H33N3. The molecule has 1 atom stereocenters. The molecule has 0 aliphatic carbocycles. The van der Waals surface area contributed by atoms with Crippen LogP contribution < -0.4 is 5.73 Å². The van der Waals surface area contributed by atoms with Gasteiger partial charge in [0.1, 0.15) is 0 Å². The highest BCUT2D eigenvalue weighted by Gasteiger charge is 2.22. The number of nitrogens with zero attached hydrogens (tertiary/aromatic N) is 2. The Bertz CT molecular complexity index is 228. The first kappa shape index (κ1) is 15.9. The van der Waals surface area contributed by atoms with E-state index in [1.54, 1.807) is 0 Å². The summed E-state index contributed by atoms with van der Waals surface area (Å²) in [6, 6.07) is 0.800. The first-order chi connectivity index (χ1) is 8.48. The quantitative estimate of drug-likeness (QED) is 0.757. The van der Waals surface area contributed by atoms with Crippen molar-refractivity contribution in [3.8, 4) is 0 Å². The summed E-state index contributed by atoms with van der Waals surface area (Å²) in [6.45, 7) is 12.3. The van der Waals surface area contributed by atoms with Gasteiger partial charge in [-0.15, -0.1) is 0 Å².